The molecule has 0 radical (unpaired) electrons. The van der Waals surface area contributed by atoms with Gasteiger partial charge in [-0.3, -0.25) is 0 Å². The fourth-order valence-corrected chi connectivity index (χ4v) is 2.08. The SMILES string of the molecule is Oc1ccc(CNc2cc(F)ccc2Br)cc1Cl. The third-order valence-corrected chi connectivity index (χ3v) is 3.42. The molecule has 5 heteroatoms. The van der Waals surface area contributed by atoms with Gasteiger partial charge in [-0.1, -0.05) is 17.7 Å². The van der Waals surface area contributed by atoms with Crippen LogP contribution >= 0.6 is 27.5 Å². The van der Waals surface area contributed by atoms with Crippen LogP contribution in [0.25, 0.3) is 0 Å². The van der Waals surface area contributed by atoms with Crippen molar-refractivity contribution >= 4 is 33.2 Å². The molecular formula is C13H10BrClFNO. The van der Waals surface area contributed by atoms with Crippen LogP contribution < -0.4 is 5.32 Å². The van der Waals surface area contributed by atoms with Gasteiger partial charge in [0.25, 0.3) is 0 Å². The molecular weight excluding hydrogens is 321 g/mol. The summed E-state index contributed by atoms with van der Waals surface area (Å²) in [5, 5.41) is 12.7. The molecule has 2 nitrogen and oxygen atoms in total. The van der Waals surface area contributed by atoms with Gasteiger partial charge in [0.05, 0.1) is 10.7 Å². The summed E-state index contributed by atoms with van der Waals surface area (Å²) in [5.74, 6) is -0.253. The van der Waals surface area contributed by atoms with Gasteiger partial charge in [-0.15, -0.1) is 0 Å². The largest absolute Gasteiger partial charge is 0.506 e. The van der Waals surface area contributed by atoms with Crippen molar-refractivity contribution in [2.45, 2.75) is 6.54 Å². The highest BCUT2D eigenvalue weighted by atomic mass is 79.9. The van der Waals surface area contributed by atoms with E-state index in [4.69, 9.17) is 11.6 Å². The number of aromatic hydroxyl groups is 1. The Labute approximate surface area is 118 Å². The molecule has 2 rings (SSSR count). The van der Waals surface area contributed by atoms with Crippen LogP contribution in [0.2, 0.25) is 5.02 Å². The zero-order chi connectivity index (χ0) is 13.1. The summed E-state index contributed by atoms with van der Waals surface area (Å²) in [4.78, 5) is 0. The number of hydrogen-bond acceptors (Lipinski definition) is 2. The van der Waals surface area contributed by atoms with Crippen LogP contribution in [0.1, 0.15) is 5.56 Å². The summed E-state index contributed by atoms with van der Waals surface area (Å²) in [6.07, 6.45) is 0. The van der Waals surface area contributed by atoms with E-state index in [0.717, 1.165) is 10.0 Å². The Morgan fingerprint density at radius 2 is 2.00 bits per heavy atom. The lowest BCUT2D eigenvalue weighted by Crippen LogP contribution is -2.00. The minimum absolute atomic E-state index is 0.0485. The van der Waals surface area contributed by atoms with Gasteiger partial charge in [-0.25, -0.2) is 4.39 Å². The van der Waals surface area contributed by atoms with E-state index in [0.29, 0.717) is 17.3 Å². The maximum absolute atomic E-state index is 13.1. The third-order valence-electron chi connectivity index (χ3n) is 2.42. The van der Waals surface area contributed by atoms with E-state index in [1.165, 1.54) is 18.2 Å². The Bertz CT molecular complexity index is 577. The number of nitrogens with one attached hydrogen (secondary N) is 1. The lowest BCUT2D eigenvalue weighted by molar-refractivity contribution is 0.475. The molecule has 2 aromatic carbocycles. The van der Waals surface area contributed by atoms with Gasteiger partial charge in [0.1, 0.15) is 11.6 Å². The first-order valence-electron chi connectivity index (χ1n) is 5.22. The summed E-state index contributed by atoms with van der Waals surface area (Å²) in [6.45, 7) is 0.488. The average Bonchev–Trinajstić information content (AvgIpc) is 2.34. The molecule has 18 heavy (non-hydrogen) atoms. The number of benzene rings is 2. The van der Waals surface area contributed by atoms with E-state index in [-0.39, 0.29) is 11.6 Å². The Morgan fingerprint density at radius 3 is 2.72 bits per heavy atom. The van der Waals surface area contributed by atoms with Crippen LogP contribution in [0.4, 0.5) is 10.1 Å². The van der Waals surface area contributed by atoms with E-state index in [1.54, 1.807) is 18.2 Å². The maximum Gasteiger partial charge on any atom is 0.134 e. The molecule has 0 amide bonds. The predicted molar refractivity (Wildman–Crippen MR) is 74.5 cm³/mol. The average molecular weight is 331 g/mol. The summed E-state index contributed by atoms with van der Waals surface area (Å²) in [5.41, 5.74) is 1.56. The van der Waals surface area contributed by atoms with Gasteiger partial charge >= 0.3 is 0 Å². The summed E-state index contributed by atoms with van der Waals surface area (Å²) < 4.78 is 13.9. The van der Waals surface area contributed by atoms with Crippen molar-refractivity contribution in [3.63, 3.8) is 0 Å². The number of anilines is 1. The molecule has 0 saturated carbocycles. The lowest BCUT2D eigenvalue weighted by atomic mass is 10.2. The van der Waals surface area contributed by atoms with Crippen molar-refractivity contribution < 1.29 is 9.50 Å². The highest BCUT2D eigenvalue weighted by molar-refractivity contribution is 9.10. The van der Waals surface area contributed by atoms with Gasteiger partial charge in [0, 0.05) is 11.0 Å². The molecule has 2 aromatic rings. The zero-order valence-electron chi connectivity index (χ0n) is 9.25. The van der Waals surface area contributed by atoms with E-state index in [1.807, 2.05) is 0 Å². The Balaban J connectivity index is 2.11. The Morgan fingerprint density at radius 1 is 1.22 bits per heavy atom. The van der Waals surface area contributed by atoms with Gasteiger partial charge in [0.2, 0.25) is 0 Å². The summed E-state index contributed by atoms with van der Waals surface area (Å²) in [6, 6.07) is 9.37. The Kier molecular flexibility index (Phi) is 4.09. The van der Waals surface area contributed by atoms with Crippen LogP contribution in [0.15, 0.2) is 40.9 Å². The van der Waals surface area contributed by atoms with E-state index in [2.05, 4.69) is 21.2 Å². The first-order chi connectivity index (χ1) is 8.56. The molecule has 0 aliphatic carbocycles. The van der Waals surface area contributed by atoms with Crippen molar-refractivity contribution in [2.75, 3.05) is 5.32 Å². The van der Waals surface area contributed by atoms with Crippen LogP contribution in [-0.2, 0) is 6.54 Å². The van der Waals surface area contributed by atoms with Gasteiger partial charge < -0.3 is 10.4 Å². The number of phenols is 1. The topological polar surface area (TPSA) is 32.3 Å². The standard InChI is InChI=1S/C13H10BrClFNO/c14-10-3-2-9(16)6-12(10)17-7-8-1-4-13(18)11(15)5-8/h1-6,17-18H,7H2. The first kappa shape index (κ1) is 13.2. The molecule has 94 valence electrons. The molecule has 0 saturated heterocycles. The predicted octanol–water partition coefficient (Wildman–Crippen LogP) is 4.56. The highest BCUT2D eigenvalue weighted by Crippen LogP contribution is 2.26. The van der Waals surface area contributed by atoms with E-state index >= 15 is 0 Å². The molecule has 0 spiro atoms. The third kappa shape index (κ3) is 3.15. The second-order valence-corrected chi connectivity index (χ2v) is 5.03. The molecule has 0 aliphatic heterocycles. The number of rotatable bonds is 3. The van der Waals surface area contributed by atoms with Crippen molar-refractivity contribution in [1.29, 1.82) is 0 Å². The van der Waals surface area contributed by atoms with Crippen LogP contribution in [0.3, 0.4) is 0 Å². The monoisotopic (exact) mass is 329 g/mol. The molecule has 0 unspecified atom stereocenters. The fourth-order valence-electron chi connectivity index (χ4n) is 1.49. The van der Waals surface area contributed by atoms with Gasteiger partial charge in [0.15, 0.2) is 0 Å². The van der Waals surface area contributed by atoms with Crippen molar-refractivity contribution in [3.05, 3.63) is 57.3 Å². The normalized spacial score (nSPS) is 10.4. The van der Waals surface area contributed by atoms with E-state index < -0.39 is 0 Å². The second kappa shape index (κ2) is 5.59. The Hall–Kier alpha value is -1.26. The molecule has 0 aromatic heterocycles. The fraction of sp³-hybridized carbons (Fsp3) is 0.0769. The quantitative estimate of drug-likeness (QED) is 0.864. The minimum Gasteiger partial charge on any atom is -0.506 e. The minimum atomic E-state index is -0.301. The van der Waals surface area contributed by atoms with Crippen molar-refractivity contribution in [1.82, 2.24) is 0 Å². The summed E-state index contributed by atoms with van der Waals surface area (Å²) >= 11 is 9.14. The number of hydrogen-bond donors (Lipinski definition) is 2. The number of halogens is 3. The highest BCUT2D eigenvalue weighted by Gasteiger charge is 2.03. The molecule has 0 fully saturated rings. The molecule has 0 heterocycles. The van der Waals surface area contributed by atoms with Crippen molar-refractivity contribution in [3.8, 4) is 5.75 Å². The zero-order valence-corrected chi connectivity index (χ0v) is 11.6. The first-order valence-corrected chi connectivity index (χ1v) is 6.39. The smallest absolute Gasteiger partial charge is 0.134 e. The molecule has 0 aliphatic rings. The summed E-state index contributed by atoms with van der Waals surface area (Å²) in [7, 11) is 0. The second-order valence-electron chi connectivity index (χ2n) is 3.76. The lowest BCUT2D eigenvalue weighted by Gasteiger charge is -2.09. The van der Waals surface area contributed by atoms with Crippen LogP contribution in [-0.4, -0.2) is 5.11 Å². The maximum atomic E-state index is 13.1. The molecule has 2 N–H and O–H groups in total. The molecule has 0 bridgehead atoms. The number of phenolic OH excluding ortho intramolecular Hbond substituents is 1. The van der Waals surface area contributed by atoms with Crippen molar-refractivity contribution in [2.24, 2.45) is 0 Å². The van der Waals surface area contributed by atoms with E-state index in [9.17, 15) is 9.50 Å². The van der Waals surface area contributed by atoms with Crippen LogP contribution in [0, 0.1) is 5.82 Å². The van der Waals surface area contributed by atoms with Crippen LogP contribution in [0.5, 0.6) is 5.75 Å². The van der Waals surface area contributed by atoms with Gasteiger partial charge in [-0.05, 0) is 51.8 Å². The van der Waals surface area contributed by atoms with Gasteiger partial charge in [-0.2, -0.15) is 0 Å². The molecule has 0 atom stereocenters.